The second-order valence-corrected chi connectivity index (χ2v) is 13.9. The van der Waals surface area contributed by atoms with Crippen molar-refractivity contribution in [3.8, 4) is 5.75 Å². The number of ketones is 1. The fourth-order valence-corrected chi connectivity index (χ4v) is 8.15. The summed E-state index contributed by atoms with van der Waals surface area (Å²) in [5.41, 5.74) is -0.396. The van der Waals surface area contributed by atoms with Gasteiger partial charge in [0.2, 0.25) is 0 Å². The molecule has 4 aliphatic rings. The van der Waals surface area contributed by atoms with E-state index in [2.05, 4.69) is 5.32 Å². The standard InChI is InChI=1S/C29H28NO8PS/c1-16-10-13-21-27(2,3)24(31)20(40(36)18-8-6-5-7-9-18)15-29(21)28(16,4)14-17-11-12-19-22(23(17)37-29)26(30-25(19)32)38-39(33,34)35/h5-13,15,26H,14H2,1-4H3,(H,30,32)(H2,33,34,35). The minimum atomic E-state index is -4.99. The van der Waals surface area contributed by atoms with Crippen molar-refractivity contribution in [3.05, 3.63) is 93.4 Å². The number of nitrogens with one attached hydrogen (secondary N) is 1. The molecule has 1 amide bonds. The number of phosphoric acid groups is 1. The lowest BCUT2D eigenvalue weighted by molar-refractivity contribution is -0.124. The number of Topliss-reactive ketones (excluding diaryl/α,β-unsaturated/α-hetero) is 1. The van der Waals surface area contributed by atoms with Crippen molar-refractivity contribution in [2.24, 2.45) is 10.8 Å². The molecule has 2 aromatic carbocycles. The molecule has 40 heavy (non-hydrogen) atoms. The summed E-state index contributed by atoms with van der Waals surface area (Å²) in [7, 11) is -6.79. The maximum absolute atomic E-state index is 13.9. The first-order chi connectivity index (χ1) is 18.7. The van der Waals surface area contributed by atoms with Crippen molar-refractivity contribution in [3.63, 3.8) is 0 Å². The number of fused-ring (bicyclic) bond motifs is 3. The van der Waals surface area contributed by atoms with E-state index >= 15 is 0 Å². The maximum Gasteiger partial charge on any atom is 0.471 e. The largest absolute Gasteiger partial charge is 0.477 e. The van der Waals surface area contributed by atoms with E-state index in [1.54, 1.807) is 62.4 Å². The first kappa shape index (κ1) is 27.1. The molecule has 1 spiro atoms. The van der Waals surface area contributed by atoms with Crippen LogP contribution in [0.25, 0.3) is 0 Å². The van der Waals surface area contributed by atoms with Gasteiger partial charge in [-0.25, -0.2) is 8.77 Å². The van der Waals surface area contributed by atoms with Gasteiger partial charge in [-0.3, -0.25) is 14.1 Å². The van der Waals surface area contributed by atoms with Crippen LogP contribution >= 0.6 is 7.82 Å². The van der Waals surface area contributed by atoms with Gasteiger partial charge in [-0.2, -0.15) is 0 Å². The summed E-state index contributed by atoms with van der Waals surface area (Å²) in [6.45, 7) is 7.57. The van der Waals surface area contributed by atoms with Gasteiger partial charge in [-0.05, 0) is 62.6 Å². The van der Waals surface area contributed by atoms with Crippen molar-refractivity contribution >= 4 is 30.3 Å². The number of rotatable bonds is 4. The zero-order chi connectivity index (χ0) is 28.8. The van der Waals surface area contributed by atoms with Gasteiger partial charge in [0.15, 0.2) is 17.6 Å². The highest BCUT2D eigenvalue weighted by atomic mass is 32.2. The zero-order valence-corrected chi connectivity index (χ0v) is 24.0. The summed E-state index contributed by atoms with van der Waals surface area (Å²) < 4.78 is 37.6. The van der Waals surface area contributed by atoms with Crippen molar-refractivity contribution in [2.75, 3.05) is 0 Å². The Morgan fingerprint density at radius 2 is 1.77 bits per heavy atom. The lowest BCUT2D eigenvalue weighted by atomic mass is 9.52. The number of ether oxygens (including phenoxy) is 1. The van der Waals surface area contributed by atoms with Crippen LogP contribution in [0.2, 0.25) is 0 Å². The molecule has 11 heteroatoms. The van der Waals surface area contributed by atoms with Crippen LogP contribution in [0.5, 0.6) is 5.75 Å². The predicted molar refractivity (Wildman–Crippen MR) is 147 cm³/mol. The average molecular weight is 582 g/mol. The van der Waals surface area contributed by atoms with E-state index in [9.17, 15) is 28.1 Å². The van der Waals surface area contributed by atoms with Gasteiger partial charge in [0.1, 0.15) is 5.75 Å². The molecule has 0 radical (unpaired) electrons. The average Bonchev–Trinajstić information content (AvgIpc) is 3.19. The fourth-order valence-electron chi connectivity index (χ4n) is 6.36. The predicted octanol–water partition coefficient (Wildman–Crippen LogP) is 4.40. The highest BCUT2D eigenvalue weighted by Gasteiger charge is 2.64. The lowest BCUT2D eigenvalue weighted by Crippen LogP contribution is -2.62. The van der Waals surface area contributed by atoms with Crippen LogP contribution in [0.15, 0.2) is 81.6 Å². The van der Waals surface area contributed by atoms with Crippen LogP contribution in [0.3, 0.4) is 0 Å². The molecule has 208 valence electrons. The summed E-state index contributed by atoms with van der Waals surface area (Å²) in [4.78, 5) is 46.4. The first-order valence-electron chi connectivity index (χ1n) is 12.7. The Morgan fingerprint density at radius 1 is 1.07 bits per heavy atom. The minimum absolute atomic E-state index is 0.113. The van der Waals surface area contributed by atoms with E-state index in [1.165, 1.54) is 0 Å². The zero-order valence-electron chi connectivity index (χ0n) is 22.3. The van der Waals surface area contributed by atoms with E-state index in [0.717, 1.165) is 5.57 Å². The Balaban J connectivity index is 1.61. The van der Waals surface area contributed by atoms with Crippen LogP contribution in [-0.4, -0.2) is 31.3 Å². The number of hydrogen-bond acceptors (Lipinski definition) is 6. The number of phosphoric ester groups is 1. The number of hydrogen-bond donors (Lipinski definition) is 3. The molecule has 0 saturated carbocycles. The van der Waals surface area contributed by atoms with E-state index in [4.69, 9.17) is 9.26 Å². The molecule has 9 nitrogen and oxygen atoms in total. The van der Waals surface area contributed by atoms with E-state index < -0.39 is 47.2 Å². The fraction of sp³-hybridized carbons (Fsp3) is 0.310. The molecule has 0 saturated heterocycles. The molecule has 2 aromatic rings. The smallest absolute Gasteiger partial charge is 0.471 e. The highest BCUT2D eigenvalue weighted by Crippen LogP contribution is 2.62. The third-order valence-corrected chi connectivity index (χ3v) is 10.5. The quantitative estimate of drug-likeness (QED) is 0.452. The summed E-state index contributed by atoms with van der Waals surface area (Å²) in [6, 6.07) is 12.1. The van der Waals surface area contributed by atoms with Gasteiger partial charge in [-0.15, -0.1) is 0 Å². The topological polar surface area (TPSA) is 139 Å². The van der Waals surface area contributed by atoms with Crippen LogP contribution in [0, 0.1) is 10.8 Å². The molecular formula is C29H28NO8PS. The van der Waals surface area contributed by atoms with Gasteiger partial charge >= 0.3 is 7.82 Å². The summed E-state index contributed by atoms with van der Waals surface area (Å²) in [5.74, 6) is -0.588. The second-order valence-electron chi connectivity index (χ2n) is 11.3. The first-order valence-corrected chi connectivity index (χ1v) is 15.4. The SMILES string of the molecule is CC1=CC=C2C(C)(C)C(=O)C(S(=O)c3ccccc3)=CC23Oc2c(ccc4c2C(OP(=O)(O)O)NC4=O)CC13C. The molecule has 0 bridgehead atoms. The molecule has 6 rings (SSSR count). The van der Waals surface area contributed by atoms with Gasteiger partial charge in [0.05, 0.1) is 32.2 Å². The van der Waals surface area contributed by atoms with Gasteiger partial charge in [0, 0.05) is 10.3 Å². The molecular weight excluding hydrogens is 553 g/mol. The Bertz CT molecular complexity index is 1670. The molecule has 3 N–H and O–H groups in total. The van der Waals surface area contributed by atoms with Gasteiger partial charge < -0.3 is 19.8 Å². The van der Waals surface area contributed by atoms with Gasteiger partial charge in [-0.1, -0.05) is 48.9 Å². The number of allylic oxidation sites excluding steroid dienone is 3. The van der Waals surface area contributed by atoms with E-state index in [1.807, 2.05) is 26.0 Å². The molecule has 4 unspecified atom stereocenters. The van der Waals surface area contributed by atoms with Crippen LogP contribution in [0.1, 0.15) is 55.4 Å². The molecule has 2 aliphatic heterocycles. The molecule has 0 fully saturated rings. The Kier molecular flexibility index (Phi) is 5.87. The second kappa shape index (κ2) is 8.68. The normalized spacial score (nSPS) is 28.9. The summed E-state index contributed by atoms with van der Waals surface area (Å²) in [5, 5.41) is 2.48. The van der Waals surface area contributed by atoms with Crippen molar-refractivity contribution in [1.29, 1.82) is 0 Å². The highest BCUT2D eigenvalue weighted by molar-refractivity contribution is 7.90. The molecule has 4 atom stereocenters. The molecule has 2 heterocycles. The minimum Gasteiger partial charge on any atom is -0.477 e. The lowest BCUT2D eigenvalue weighted by Gasteiger charge is -2.58. The monoisotopic (exact) mass is 581 g/mol. The maximum atomic E-state index is 13.9. The van der Waals surface area contributed by atoms with Crippen LogP contribution < -0.4 is 10.1 Å². The summed E-state index contributed by atoms with van der Waals surface area (Å²) >= 11 is 0. The van der Waals surface area contributed by atoms with Crippen molar-refractivity contribution in [2.45, 2.75) is 50.8 Å². The molecule has 0 aromatic heterocycles. The number of benzene rings is 2. The summed E-state index contributed by atoms with van der Waals surface area (Å²) in [6.07, 6.45) is 4.49. The van der Waals surface area contributed by atoms with E-state index in [-0.39, 0.29) is 27.6 Å². The number of amides is 1. The number of carbonyl (C=O) groups excluding carboxylic acids is 2. The van der Waals surface area contributed by atoms with Crippen LogP contribution in [-0.2, 0) is 31.1 Å². The van der Waals surface area contributed by atoms with Crippen molar-refractivity contribution in [1.82, 2.24) is 5.32 Å². The third kappa shape index (κ3) is 3.71. The Morgan fingerprint density at radius 3 is 2.45 bits per heavy atom. The third-order valence-electron chi connectivity index (χ3n) is 8.64. The number of carbonyl (C=O) groups is 2. The van der Waals surface area contributed by atoms with Crippen molar-refractivity contribution < 1.29 is 37.4 Å². The Labute approximate surface area is 233 Å². The Hall–Kier alpha value is -3.14. The van der Waals surface area contributed by atoms with E-state index in [0.29, 0.717) is 22.5 Å². The van der Waals surface area contributed by atoms with Gasteiger partial charge in [0.25, 0.3) is 5.91 Å². The van der Waals surface area contributed by atoms with Crippen LogP contribution in [0.4, 0.5) is 0 Å². The molecule has 2 aliphatic carbocycles.